The molecule has 0 heterocycles. The molecular weight excluding hydrogens is 284 g/mol. The second-order valence-corrected chi connectivity index (χ2v) is 6.39. The Morgan fingerprint density at radius 2 is 1.90 bits per heavy atom. The van der Waals surface area contributed by atoms with Crippen molar-refractivity contribution in [1.82, 2.24) is 5.32 Å². The average molecular weight is 310 g/mol. The Morgan fingerprint density at radius 3 is 2.62 bits per heavy atom. The first-order chi connectivity index (χ1) is 10.2. The molecule has 0 atom stereocenters. The zero-order chi connectivity index (χ0) is 14.9. The van der Waals surface area contributed by atoms with Crippen molar-refractivity contribution in [2.45, 2.75) is 57.5 Å². The normalized spacial score (nSPS) is 17.0. The summed E-state index contributed by atoms with van der Waals surface area (Å²) in [4.78, 5) is 11.9. The highest BCUT2D eigenvalue weighted by atomic mass is 35.5. The van der Waals surface area contributed by atoms with Crippen LogP contribution < -0.4 is 10.6 Å². The highest BCUT2D eigenvalue weighted by Crippen LogP contribution is 2.14. The van der Waals surface area contributed by atoms with Crippen molar-refractivity contribution in [2.75, 3.05) is 6.54 Å². The maximum Gasteiger partial charge on any atom is 0.275 e. The maximum atomic E-state index is 11.9. The molecule has 0 bridgehead atoms. The van der Waals surface area contributed by atoms with Crippen LogP contribution in [0, 0.1) is 0 Å². The van der Waals surface area contributed by atoms with E-state index in [1.54, 1.807) is 0 Å². The minimum atomic E-state index is 0.108. The van der Waals surface area contributed by atoms with Gasteiger partial charge in [0.25, 0.3) is 5.91 Å². The minimum Gasteiger partial charge on any atom is -0.347 e. The van der Waals surface area contributed by atoms with Crippen molar-refractivity contribution in [1.29, 1.82) is 0 Å². The van der Waals surface area contributed by atoms with E-state index in [-0.39, 0.29) is 5.91 Å². The first kappa shape index (κ1) is 16.3. The van der Waals surface area contributed by atoms with Gasteiger partial charge in [-0.1, -0.05) is 43.0 Å². The average Bonchev–Trinajstić information content (AvgIpc) is 2.44. The van der Waals surface area contributed by atoms with Crippen molar-refractivity contribution >= 4 is 17.5 Å². The monoisotopic (exact) mass is 309 g/mol. The molecule has 116 valence electrons. The van der Waals surface area contributed by atoms with Gasteiger partial charge in [0.15, 0.2) is 6.54 Å². The first-order valence-corrected chi connectivity index (χ1v) is 8.46. The third-order valence-corrected chi connectivity index (χ3v) is 4.40. The number of quaternary nitrogens is 1. The van der Waals surface area contributed by atoms with Crippen molar-refractivity contribution in [2.24, 2.45) is 0 Å². The number of carbonyl (C=O) groups excluding carboxylic acids is 1. The van der Waals surface area contributed by atoms with E-state index >= 15 is 0 Å². The third kappa shape index (κ3) is 6.49. The van der Waals surface area contributed by atoms with Crippen LogP contribution in [0.5, 0.6) is 0 Å². The maximum absolute atomic E-state index is 11.9. The third-order valence-electron chi connectivity index (χ3n) is 4.17. The zero-order valence-corrected chi connectivity index (χ0v) is 13.4. The molecule has 1 amide bonds. The van der Waals surface area contributed by atoms with Gasteiger partial charge in [0, 0.05) is 11.6 Å². The summed E-state index contributed by atoms with van der Waals surface area (Å²) < 4.78 is 0. The molecule has 3 N–H and O–H groups in total. The van der Waals surface area contributed by atoms with Gasteiger partial charge < -0.3 is 10.6 Å². The lowest BCUT2D eigenvalue weighted by atomic mass is 9.97. The fourth-order valence-corrected chi connectivity index (χ4v) is 3.13. The molecule has 0 unspecified atom stereocenters. The summed E-state index contributed by atoms with van der Waals surface area (Å²) in [5.74, 6) is 0.108. The predicted molar refractivity (Wildman–Crippen MR) is 86.2 cm³/mol. The van der Waals surface area contributed by atoms with E-state index in [2.05, 4.69) is 10.6 Å². The summed E-state index contributed by atoms with van der Waals surface area (Å²) in [6, 6.07) is 8.24. The number of nitrogens with one attached hydrogen (secondary N) is 1. The lowest BCUT2D eigenvalue weighted by molar-refractivity contribution is -0.680. The Kier molecular flexibility index (Phi) is 7.04. The Balaban J connectivity index is 1.66. The van der Waals surface area contributed by atoms with Gasteiger partial charge in [-0.15, -0.1) is 0 Å². The van der Waals surface area contributed by atoms with E-state index in [9.17, 15) is 4.79 Å². The van der Waals surface area contributed by atoms with E-state index < -0.39 is 0 Å². The highest BCUT2D eigenvalue weighted by molar-refractivity contribution is 6.30. The largest absolute Gasteiger partial charge is 0.347 e. The molecule has 0 aliphatic heterocycles. The molecule has 0 saturated heterocycles. The number of hydrogen-bond donors (Lipinski definition) is 2. The smallest absolute Gasteiger partial charge is 0.275 e. The highest BCUT2D eigenvalue weighted by Gasteiger charge is 2.15. The lowest BCUT2D eigenvalue weighted by Gasteiger charge is -2.18. The van der Waals surface area contributed by atoms with Crippen LogP contribution in [-0.2, 0) is 11.3 Å². The molecule has 0 spiro atoms. The van der Waals surface area contributed by atoms with Gasteiger partial charge in [0.05, 0.1) is 6.04 Å². The van der Waals surface area contributed by atoms with E-state index in [1.807, 2.05) is 24.3 Å². The van der Waals surface area contributed by atoms with Gasteiger partial charge in [-0.3, -0.25) is 4.79 Å². The van der Waals surface area contributed by atoms with Crippen LogP contribution in [0.3, 0.4) is 0 Å². The molecule has 2 rings (SSSR count). The minimum absolute atomic E-state index is 0.108. The van der Waals surface area contributed by atoms with Crippen molar-refractivity contribution in [3.05, 3.63) is 34.9 Å². The molecule has 1 aromatic carbocycles. The SMILES string of the molecule is O=C(C[NH2+]C1CCCCCCC1)NCc1cccc(Cl)c1. The van der Waals surface area contributed by atoms with Crippen LogP contribution in [-0.4, -0.2) is 18.5 Å². The fourth-order valence-electron chi connectivity index (χ4n) is 2.92. The van der Waals surface area contributed by atoms with Crippen LogP contribution in [0.1, 0.15) is 50.5 Å². The molecule has 1 aliphatic carbocycles. The Labute approximate surface area is 132 Å². The van der Waals surface area contributed by atoms with Gasteiger partial charge in [0.2, 0.25) is 0 Å². The van der Waals surface area contributed by atoms with E-state index in [0.29, 0.717) is 24.2 Å². The Bertz CT molecular complexity index is 442. The van der Waals surface area contributed by atoms with E-state index in [1.165, 1.54) is 44.9 Å². The molecule has 1 fully saturated rings. The summed E-state index contributed by atoms with van der Waals surface area (Å²) in [5.41, 5.74) is 1.04. The molecule has 3 nitrogen and oxygen atoms in total. The molecule has 1 aromatic rings. The summed E-state index contributed by atoms with van der Waals surface area (Å²) >= 11 is 5.93. The van der Waals surface area contributed by atoms with Crippen LogP contribution in [0.4, 0.5) is 0 Å². The number of halogens is 1. The van der Waals surface area contributed by atoms with Crippen LogP contribution in [0.25, 0.3) is 0 Å². The number of amides is 1. The van der Waals surface area contributed by atoms with Crippen molar-refractivity contribution in [3.8, 4) is 0 Å². The fraction of sp³-hybridized carbons (Fsp3) is 0.588. The number of nitrogens with two attached hydrogens (primary N) is 1. The van der Waals surface area contributed by atoms with Crippen LogP contribution in [0.2, 0.25) is 5.02 Å². The van der Waals surface area contributed by atoms with Gasteiger partial charge in [-0.05, 0) is 43.4 Å². The van der Waals surface area contributed by atoms with Gasteiger partial charge in [0.1, 0.15) is 0 Å². The van der Waals surface area contributed by atoms with Crippen molar-refractivity contribution < 1.29 is 10.1 Å². The molecule has 1 saturated carbocycles. The lowest BCUT2D eigenvalue weighted by Crippen LogP contribution is -2.92. The summed E-state index contributed by atoms with van der Waals surface area (Å²) in [6.07, 6.45) is 9.21. The number of benzene rings is 1. The van der Waals surface area contributed by atoms with E-state index in [0.717, 1.165) is 5.56 Å². The topological polar surface area (TPSA) is 45.7 Å². The number of carbonyl (C=O) groups is 1. The van der Waals surface area contributed by atoms with Gasteiger partial charge in [-0.2, -0.15) is 0 Å². The van der Waals surface area contributed by atoms with E-state index in [4.69, 9.17) is 11.6 Å². The molecule has 0 aromatic heterocycles. The molecule has 4 heteroatoms. The molecular formula is C17H26ClN2O+. The predicted octanol–water partition coefficient (Wildman–Crippen LogP) is 2.63. The van der Waals surface area contributed by atoms with Gasteiger partial charge >= 0.3 is 0 Å². The van der Waals surface area contributed by atoms with Gasteiger partial charge in [-0.25, -0.2) is 0 Å². The molecule has 1 aliphatic rings. The van der Waals surface area contributed by atoms with Crippen LogP contribution >= 0.6 is 11.6 Å². The Hall–Kier alpha value is -1.06. The standard InChI is InChI=1S/C17H25ClN2O/c18-15-8-6-7-14(11-15)12-20-17(21)13-19-16-9-4-2-1-3-5-10-16/h6-8,11,16,19H,1-5,9-10,12-13H2,(H,20,21)/p+1. The number of rotatable bonds is 5. The number of hydrogen-bond acceptors (Lipinski definition) is 1. The zero-order valence-electron chi connectivity index (χ0n) is 12.6. The van der Waals surface area contributed by atoms with Crippen molar-refractivity contribution in [3.63, 3.8) is 0 Å². The second kappa shape index (κ2) is 9.06. The summed E-state index contributed by atoms with van der Waals surface area (Å²) in [5, 5.41) is 5.90. The molecule has 0 radical (unpaired) electrons. The summed E-state index contributed by atoms with van der Waals surface area (Å²) in [7, 11) is 0. The molecule has 21 heavy (non-hydrogen) atoms. The Morgan fingerprint density at radius 1 is 1.19 bits per heavy atom. The first-order valence-electron chi connectivity index (χ1n) is 8.08. The quantitative estimate of drug-likeness (QED) is 0.863. The van der Waals surface area contributed by atoms with Crippen LogP contribution in [0.15, 0.2) is 24.3 Å². The summed E-state index contributed by atoms with van der Waals surface area (Å²) in [6.45, 7) is 1.09. The second-order valence-electron chi connectivity index (χ2n) is 5.95.